The Hall–Kier alpha value is -2.10. The van der Waals surface area contributed by atoms with Crippen LogP contribution < -0.4 is 16.4 Å². The van der Waals surface area contributed by atoms with Crippen molar-refractivity contribution in [2.45, 2.75) is 12.8 Å². The summed E-state index contributed by atoms with van der Waals surface area (Å²) in [6, 6.07) is 1.66. The number of rotatable bonds is 5. The molecule has 0 aromatic rings. The normalized spacial score (nSPS) is 8.73. The zero-order valence-electron chi connectivity index (χ0n) is 8.08. The molecule has 0 aliphatic rings. The van der Waals surface area contributed by atoms with E-state index in [-0.39, 0.29) is 19.5 Å². The molecule has 7 nitrogen and oxygen atoms in total. The number of amides is 3. The van der Waals surface area contributed by atoms with Crippen LogP contribution in [0, 0.1) is 11.3 Å². The summed E-state index contributed by atoms with van der Waals surface area (Å²) in [5.41, 5.74) is 4.87. The summed E-state index contributed by atoms with van der Waals surface area (Å²) in [5.74, 6) is -2.15. The lowest BCUT2D eigenvalue weighted by Crippen LogP contribution is -2.40. The van der Waals surface area contributed by atoms with Crippen molar-refractivity contribution in [3.05, 3.63) is 0 Å². The molecule has 0 spiro atoms. The van der Waals surface area contributed by atoms with Gasteiger partial charge in [-0.2, -0.15) is 5.26 Å². The van der Waals surface area contributed by atoms with Crippen LogP contribution in [0.25, 0.3) is 0 Å². The minimum Gasteiger partial charge on any atom is -0.370 e. The number of nitrogens with one attached hydrogen (secondary N) is 2. The predicted molar refractivity (Wildman–Crippen MR) is 50.1 cm³/mol. The Balaban J connectivity index is 3.61. The van der Waals surface area contributed by atoms with E-state index in [1.165, 1.54) is 0 Å². The number of hydrogen-bond donors (Lipinski definition) is 3. The van der Waals surface area contributed by atoms with Gasteiger partial charge in [-0.1, -0.05) is 0 Å². The van der Waals surface area contributed by atoms with E-state index in [0.717, 1.165) is 0 Å². The van der Waals surface area contributed by atoms with Crippen LogP contribution in [-0.2, 0) is 14.4 Å². The van der Waals surface area contributed by atoms with Gasteiger partial charge in [-0.3, -0.25) is 14.4 Å². The zero-order valence-corrected chi connectivity index (χ0v) is 8.08. The monoisotopic (exact) mass is 212 g/mol. The molecule has 0 atom stereocenters. The van der Waals surface area contributed by atoms with Crippen LogP contribution in [0.15, 0.2) is 0 Å². The van der Waals surface area contributed by atoms with Gasteiger partial charge in [-0.05, 0) is 6.42 Å². The molecule has 4 N–H and O–H groups in total. The van der Waals surface area contributed by atoms with E-state index in [0.29, 0.717) is 6.42 Å². The number of carbonyl (C=O) groups excluding carboxylic acids is 3. The Labute approximate surface area is 86.6 Å². The van der Waals surface area contributed by atoms with E-state index in [1.807, 2.05) is 0 Å². The van der Waals surface area contributed by atoms with E-state index in [2.05, 4.69) is 10.6 Å². The van der Waals surface area contributed by atoms with Gasteiger partial charge in [0.2, 0.25) is 5.91 Å². The third-order valence-corrected chi connectivity index (χ3v) is 1.42. The molecule has 0 saturated heterocycles. The summed E-state index contributed by atoms with van der Waals surface area (Å²) in [7, 11) is 0. The first kappa shape index (κ1) is 12.9. The zero-order chi connectivity index (χ0) is 11.7. The fourth-order valence-electron chi connectivity index (χ4n) is 0.745. The minimum absolute atomic E-state index is 0.153. The second-order valence-electron chi connectivity index (χ2n) is 2.67. The van der Waals surface area contributed by atoms with E-state index in [9.17, 15) is 14.4 Å². The lowest BCUT2D eigenvalue weighted by Gasteiger charge is -2.02. The van der Waals surface area contributed by atoms with Crippen LogP contribution >= 0.6 is 0 Å². The summed E-state index contributed by atoms with van der Waals surface area (Å²) in [6.07, 6.45) is 0.534. The molecule has 0 bridgehead atoms. The van der Waals surface area contributed by atoms with Gasteiger partial charge >= 0.3 is 11.8 Å². The summed E-state index contributed by atoms with van der Waals surface area (Å²) >= 11 is 0. The Morgan fingerprint density at radius 3 is 2.33 bits per heavy atom. The predicted octanol–water partition coefficient (Wildman–Crippen LogP) is -1.99. The first-order valence-corrected chi connectivity index (χ1v) is 4.29. The van der Waals surface area contributed by atoms with Crippen LogP contribution in [0.4, 0.5) is 0 Å². The number of nitriles is 1. The second kappa shape index (κ2) is 7.32. The fraction of sp³-hybridized carbons (Fsp3) is 0.500. The molecule has 7 heteroatoms. The molecule has 0 aromatic carbocycles. The SMILES string of the molecule is N#CCNC(=O)C(=O)NCCCC(N)=O. The van der Waals surface area contributed by atoms with Crippen molar-refractivity contribution in [3.63, 3.8) is 0 Å². The van der Waals surface area contributed by atoms with Crippen molar-refractivity contribution in [3.8, 4) is 6.07 Å². The third-order valence-electron chi connectivity index (χ3n) is 1.42. The highest BCUT2D eigenvalue weighted by molar-refractivity contribution is 6.35. The van der Waals surface area contributed by atoms with E-state index in [1.54, 1.807) is 6.07 Å². The molecule has 15 heavy (non-hydrogen) atoms. The second-order valence-corrected chi connectivity index (χ2v) is 2.67. The topological polar surface area (TPSA) is 125 Å². The van der Waals surface area contributed by atoms with E-state index >= 15 is 0 Å². The van der Waals surface area contributed by atoms with Crippen molar-refractivity contribution >= 4 is 17.7 Å². The lowest BCUT2D eigenvalue weighted by atomic mass is 10.3. The van der Waals surface area contributed by atoms with E-state index < -0.39 is 17.7 Å². The Kier molecular flexibility index (Phi) is 6.29. The van der Waals surface area contributed by atoms with Crippen molar-refractivity contribution in [2.75, 3.05) is 13.1 Å². The lowest BCUT2D eigenvalue weighted by molar-refractivity contribution is -0.139. The molecule has 0 aromatic heterocycles. The molecule has 0 heterocycles. The largest absolute Gasteiger partial charge is 0.370 e. The highest BCUT2D eigenvalue weighted by Gasteiger charge is 2.11. The van der Waals surface area contributed by atoms with Crippen LogP contribution in [0.3, 0.4) is 0 Å². The first-order valence-electron chi connectivity index (χ1n) is 4.29. The molecular formula is C8H12N4O3. The summed E-state index contributed by atoms with van der Waals surface area (Å²) in [4.78, 5) is 32.1. The molecule has 0 aliphatic carbocycles. The molecular weight excluding hydrogens is 200 g/mol. The van der Waals surface area contributed by atoms with Crippen LogP contribution in [0.2, 0.25) is 0 Å². The average molecular weight is 212 g/mol. The summed E-state index contributed by atoms with van der Waals surface area (Å²) in [5, 5.41) is 12.5. The standard InChI is InChI=1S/C8H12N4O3/c9-3-5-12-8(15)7(14)11-4-1-2-6(10)13/h1-2,4-5H2,(H2,10,13)(H,11,14)(H,12,15). The highest BCUT2D eigenvalue weighted by atomic mass is 16.2. The van der Waals surface area contributed by atoms with Crippen LogP contribution in [0.1, 0.15) is 12.8 Å². The smallest absolute Gasteiger partial charge is 0.310 e. The number of carbonyl (C=O) groups is 3. The Morgan fingerprint density at radius 2 is 1.80 bits per heavy atom. The average Bonchev–Trinajstić information content (AvgIpc) is 2.20. The maximum absolute atomic E-state index is 10.9. The van der Waals surface area contributed by atoms with Crippen molar-refractivity contribution in [2.24, 2.45) is 5.73 Å². The van der Waals surface area contributed by atoms with Gasteiger partial charge < -0.3 is 16.4 Å². The minimum atomic E-state index is -0.865. The molecule has 3 amide bonds. The quantitative estimate of drug-likeness (QED) is 0.277. The fourth-order valence-corrected chi connectivity index (χ4v) is 0.745. The van der Waals surface area contributed by atoms with Gasteiger partial charge in [0.1, 0.15) is 6.54 Å². The number of hydrogen-bond acceptors (Lipinski definition) is 4. The summed E-state index contributed by atoms with van der Waals surface area (Å²) < 4.78 is 0. The van der Waals surface area contributed by atoms with Gasteiger partial charge in [0, 0.05) is 13.0 Å². The van der Waals surface area contributed by atoms with Crippen LogP contribution in [-0.4, -0.2) is 30.8 Å². The number of nitrogens with two attached hydrogens (primary N) is 1. The van der Waals surface area contributed by atoms with Gasteiger partial charge in [0.15, 0.2) is 0 Å². The third kappa shape index (κ3) is 7.01. The molecule has 0 saturated carbocycles. The molecule has 82 valence electrons. The maximum Gasteiger partial charge on any atom is 0.310 e. The molecule has 0 rings (SSSR count). The van der Waals surface area contributed by atoms with Crippen molar-refractivity contribution in [1.29, 1.82) is 5.26 Å². The van der Waals surface area contributed by atoms with Crippen LogP contribution in [0.5, 0.6) is 0 Å². The summed E-state index contributed by atoms with van der Waals surface area (Å²) in [6.45, 7) is -0.0186. The van der Waals surface area contributed by atoms with Gasteiger partial charge in [0.25, 0.3) is 0 Å². The molecule has 0 unspecified atom stereocenters. The Morgan fingerprint density at radius 1 is 1.20 bits per heavy atom. The molecule has 0 fully saturated rings. The van der Waals surface area contributed by atoms with Gasteiger partial charge in [-0.25, -0.2) is 0 Å². The molecule has 0 radical (unpaired) electrons. The number of nitrogens with zero attached hydrogens (tertiary/aromatic N) is 1. The van der Waals surface area contributed by atoms with E-state index in [4.69, 9.17) is 11.0 Å². The molecule has 0 aliphatic heterocycles. The van der Waals surface area contributed by atoms with Gasteiger partial charge in [-0.15, -0.1) is 0 Å². The maximum atomic E-state index is 10.9. The highest BCUT2D eigenvalue weighted by Crippen LogP contribution is 1.84. The van der Waals surface area contributed by atoms with Crippen molar-refractivity contribution < 1.29 is 14.4 Å². The van der Waals surface area contributed by atoms with Crippen molar-refractivity contribution in [1.82, 2.24) is 10.6 Å². The first-order chi connectivity index (χ1) is 7.07. The van der Waals surface area contributed by atoms with Gasteiger partial charge in [0.05, 0.1) is 6.07 Å². The Bertz CT molecular complexity index is 295. The number of primary amides is 1.